The molecular weight excluding hydrogens is 474 g/mol. The molecule has 0 fully saturated rings. The molecule has 0 aliphatic heterocycles. The Kier molecular flexibility index (Phi) is 21.0. The second-order valence-corrected chi connectivity index (χ2v) is 5.24. The van der Waals surface area contributed by atoms with E-state index in [-0.39, 0.29) is 88.2 Å². The molecule has 1 N–H and O–H groups in total. The third-order valence-electron chi connectivity index (χ3n) is 3.29. The van der Waals surface area contributed by atoms with E-state index in [4.69, 9.17) is 5.11 Å². The van der Waals surface area contributed by atoms with Crippen molar-refractivity contribution >= 4 is 5.57 Å². The third kappa shape index (κ3) is 13.7. The molecule has 0 aliphatic carbocycles. The van der Waals surface area contributed by atoms with E-state index >= 15 is 0 Å². The molecule has 27 heavy (non-hydrogen) atoms. The van der Waals surface area contributed by atoms with Crippen LogP contribution >= 0.6 is 0 Å². The first kappa shape index (κ1) is 31.6. The molecule has 6 heteroatoms. The molecule has 0 spiro atoms. The number of rotatable bonds is 7. The molecule has 1 rings (SSSR count). The molecule has 1 atom stereocenters. The van der Waals surface area contributed by atoms with Crippen molar-refractivity contribution in [2.45, 2.75) is 46.8 Å². The van der Waals surface area contributed by atoms with Crippen LogP contribution in [0.4, 0.5) is 13.2 Å². The maximum Gasteiger partial charge on any atom is 1.00 e. The van der Waals surface area contributed by atoms with Crippen LogP contribution in [0.1, 0.15) is 45.2 Å². The van der Waals surface area contributed by atoms with E-state index in [0.29, 0.717) is 16.7 Å². The molecule has 1 unspecified atom stereocenters. The van der Waals surface area contributed by atoms with Crippen molar-refractivity contribution in [3.8, 4) is 5.75 Å². The van der Waals surface area contributed by atoms with Crippen molar-refractivity contribution in [1.29, 1.82) is 0 Å². The summed E-state index contributed by atoms with van der Waals surface area (Å²) in [7, 11) is 0. The second-order valence-electron chi connectivity index (χ2n) is 5.24. The SMILES string of the molecule is C=C/C=C\C(F)=C(/C)c1ccc(OC(F)F)cc1[CH-]C.CCC(C)O.[CH3-].[Cs+]. The van der Waals surface area contributed by atoms with Gasteiger partial charge in [0.1, 0.15) is 5.83 Å². The van der Waals surface area contributed by atoms with Crippen LogP contribution in [0.5, 0.6) is 5.75 Å². The maximum absolute atomic E-state index is 13.9. The summed E-state index contributed by atoms with van der Waals surface area (Å²) < 4.78 is 42.5. The zero-order valence-corrected chi connectivity index (χ0v) is 23.4. The van der Waals surface area contributed by atoms with E-state index in [2.05, 4.69) is 11.3 Å². The monoisotopic (exact) mass is 503 g/mol. The van der Waals surface area contributed by atoms with Gasteiger partial charge in [0.25, 0.3) is 0 Å². The molecule has 0 amide bonds. The first-order valence-electron chi connectivity index (χ1n) is 7.98. The summed E-state index contributed by atoms with van der Waals surface area (Å²) in [5, 5.41) is 8.36. The Morgan fingerprint density at radius 2 is 1.93 bits per heavy atom. The Morgan fingerprint density at radius 1 is 1.37 bits per heavy atom. The molecule has 148 valence electrons. The summed E-state index contributed by atoms with van der Waals surface area (Å²) in [4.78, 5) is 0. The fourth-order valence-corrected chi connectivity index (χ4v) is 1.70. The van der Waals surface area contributed by atoms with Gasteiger partial charge in [0.2, 0.25) is 0 Å². The van der Waals surface area contributed by atoms with E-state index in [1.165, 1.54) is 30.4 Å². The molecule has 0 heterocycles. The molecule has 1 aromatic carbocycles. The van der Waals surface area contributed by atoms with Gasteiger partial charge >= 0.3 is 75.5 Å². The zero-order valence-electron chi connectivity index (χ0n) is 17.1. The molecule has 1 aromatic rings. The van der Waals surface area contributed by atoms with Gasteiger partial charge in [-0.15, -0.1) is 17.7 Å². The van der Waals surface area contributed by atoms with Crippen LogP contribution in [-0.4, -0.2) is 17.8 Å². The minimum atomic E-state index is -2.88. The van der Waals surface area contributed by atoms with Crippen molar-refractivity contribution in [1.82, 2.24) is 0 Å². The van der Waals surface area contributed by atoms with Gasteiger partial charge in [-0.25, -0.2) is 4.39 Å². The van der Waals surface area contributed by atoms with Gasteiger partial charge in [-0.2, -0.15) is 20.8 Å². The average Bonchev–Trinajstić information content (AvgIpc) is 2.58. The van der Waals surface area contributed by atoms with Crippen LogP contribution in [0.2, 0.25) is 0 Å². The van der Waals surface area contributed by atoms with Gasteiger partial charge in [0.05, 0.1) is 11.9 Å². The van der Waals surface area contributed by atoms with Gasteiger partial charge in [-0.3, -0.25) is 0 Å². The van der Waals surface area contributed by atoms with E-state index in [1.54, 1.807) is 33.3 Å². The van der Waals surface area contributed by atoms with E-state index in [9.17, 15) is 13.2 Å². The summed E-state index contributed by atoms with van der Waals surface area (Å²) in [6.07, 6.45) is 6.71. The Balaban J connectivity index is -0.000000729. The minimum Gasteiger partial charge on any atom is -0.448 e. The number of allylic oxidation sites excluding steroid dienone is 5. The fourth-order valence-electron chi connectivity index (χ4n) is 1.70. The van der Waals surface area contributed by atoms with E-state index in [0.717, 1.165) is 6.42 Å². The first-order valence-corrected chi connectivity index (χ1v) is 7.98. The smallest absolute Gasteiger partial charge is 0.448 e. The number of aliphatic hydroxyl groups is 1. The van der Waals surface area contributed by atoms with Gasteiger partial charge in [0.15, 0.2) is 0 Å². The largest absolute Gasteiger partial charge is 1.00 e. The number of benzene rings is 1. The Hall–Kier alpha value is -0.0881. The molecule has 0 saturated carbocycles. The maximum atomic E-state index is 13.9. The van der Waals surface area contributed by atoms with Crippen molar-refractivity contribution in [3.63, 3.8) is 0 Å². The van der Waals surface area contributed by atoms with Crippen LogP contribution in [0.3, 0.4) is 0 Å². The van der Waals surface area contributed by atoms with Crippen LogP contribution in [-0.2, 0) is 0 Å². The number of hydrogen-bond acceptors (Lipinski definition) is 2. The van der Waals surface area contributed by atoms with Crippen molar-refractivity contribution in [2.75, 3.05) is 0 Å². The molecular formula is C21H29CsF3O2-. The molecule has 0 aromatic heterocycles. The van der Waals surface area contributed by atoms with Crippen LogP contribution in [0.15, 0.2) is 48.8 Å². The van der Waals surface area contributed by atoms with Crippen LogP contribution in [0.25, 0.3) is 5.57 Å². The van der Waals surface area contributed by atoms with E-state index in [1.807, 2.05) is 6.92 Å². The fraction of sp³-hybridized carbons (Fsp3) is 0.333. The normalized spacial score (nSPS) is 12.0. The number of alkyl halides is 2. The molecule has 0 aliphatic rings. The average molecular weight is 503 g/mol. The van der Waals surface area contributed by atoms with Crippen molar-refractivity contribution in [2.24, 2.45) is 0 Å². The third-order valence-corrected chi connectivity index (χ3v) is 3.29. The van der Waals surface area contributed by atoms with Gasteiger partial charge in [0, 0.05) is 0 Å². The Labute approximate surface area is 221 Å². The number of halogens is 3. The Bertz CT molecular complexity index is 597. The first-order chi connectivity index (χ1) is 11.8. The molecule has 0 radical (unpaired) electrons. The van der Waals surface area contributed by atoms with Gasteiger partial charge in [-0.05, 0) is 32.4 Å². The summed E-state index contributed by atoms with van der Waals surface area (Å²) >= 11 is 0. The molecule has 2 nitrogen and oxygen atoms in total. The predicted molar refractivity (Wildman–Crippen MR) is 104 cm³/mol. The van der Waals surface area contributed by atoms with Gasteiger partial charge < -0.3 is 17.3 Å². The number of hydrogen-bond donors (Lipinski definition) is 1. The molecule has 0 saturated heterocycles. The predicted octanol–water partition coefficient (Wildman–Crippen LogP) is 3.53. The standard InChI is InChI=1S/C16H16F3O.C4H10O.CH3.Cs/c1-4-6-7-15(17)11(3)14-9-8-13(20-16(18)19)10-12(14)5-2;1-3-4(2)5;;/h4-10,16H,1H2,2-3H3;4-5H,3H2,1-2H3;1H3;/q-1;;-1;+1/b7-6-,15-11-;;;. The summed E-state index contributed by atoms with van der Waals surface area (Å²) in [6.45, 7) is 7.68. The van der Waals surface area contributed by atoms with Crippen LogP contribution < -0.4 is 73.6 Å². The minimum absolute atomic E-state index is 0. The summed E-state index contributed by atoms with van der Waals surface area (Å²) in [6, 6.07) is 4.40. The van der Waals surface area contributed by atoms with Crippen molar-refractivity contribution < 1.29 is 91.9 Å². The van der Waals surface area contributed by atoms with Crippen molar-refractivity contribution in [3.05, 3.63) is 73.8 Å². The number of ether oxygens (including phenoxy) is 1. The Morgan fingerprint density at radius 3 is 2.33 bits per heavy atom. The van der Waals surface area contributed by atoms with Crippen LogP contribution in [0, 0.1) is 13.8 Å². The van der Waals surface area contributed by atoms with Gasteiger partial charge in [-0.1, -0.05) is 38.2 Å². The summed E-state index contributed by atoms with van der Waals surface area (Å²) in [5.41, 5.74) is 1.67. The zero-order chi connectivity index (χ0) is 19.4. The second kappa shape index (κ2) is 18.0. The quantitative estimate of drug-likeness (QED) is 0.456. The number of aliphatic hydroxyl groups excluding tert-OH is 1. The molecule has 0 bridgehead atoms. The topological polar surface area (TPSA) is 29.5 Å². The summed E-state index contributed by atoms with van der Waals surface area (Å²) in [5.74, 6) is -0.359. The van der Waals surface area contributed by atoms with E-state index < -0.39 is 12.4 Å².